The summed E-state index contributed by atoms with van der Waals surface area (Å²) in [5, 5.41) is 28.3. The lowest BCUT2D eigenvalue weighted by molar-refractivity contribution is -0.136. The molecule has 26 heavy (non-hydrogen) atoms. The lowest BCUT2D eigenvalue weighted by Gasteiger charge is -2.14. The second-order valence-electron chi connectivity index (χ2n) is 6.01. The third kappa shape index (κ3) is 16.9. The molecule has 0 fully saturated rings. The van der Waals surface area contributed by atoms with E-state index in [1.807, 2.05) is 36.5 Å². The Bertz CT molecular complexity index is 486. The van der Waals surface area contributed by atoms with Gasteiger partial charge in [-0.3, -0.25) is 4.79 Å². The monoisotopic (exact) mass is 362 g/mol. The Hall–Kier alpha value is -1.91. The Morgan fingerprint density at radius 1 is 0.731 bits per heavy atom. The molecule has 2 atom stereocenters. The van der Waals surface area contributed by atoms with Crippen molar-refractivity contribution in [1.82, 2.24) is 0 Å². The van der Waals surface area contributed by atoms with Crippen molar-refractivity contribution in [2.75, 3.05) is 0 Å². The quantitative estimate of drug-likeness (QED) is 0.369. The summed E-state index contributed by atoms with van der Waals surface area (Å²) in [5.41, 5.74) is 0. The number of hydrogen-bond acceptors (Lipinski definition) is 3. The first kappa shape index (κ1) is 24.1. The van der Waals surface area contributed by atoms with Gasteiger partial charge < -0.3 is 15.3 Å². The van der Waals surface area contributed by atoms with E-state index in [2.05, 4.69) is 31.2 Å². The van der Waals surface area contributed by atoms with E-state index >= 15 is 0 Å². The third-order valence-electron chi connectivity index (χ3n) is 3.61. The summed E-state index contributed by atoms with van der Waals surface area (Å²) < 4.78 is 0. The summed E-state index contributed by atoms with van der Waals surface area (Å²) in [7, 11) is 0. The highest BCUT2D eigenvalue weighted by Crippen LogP contribution is 2.06. The normalized spacial score (nSPS) is 15.2. The third-order valence-corrected chi connectivity index (χ3v) is 3.61. The molecule has 0 aromatic heterocycles. The Kier molecular flexibility index (Phi) is 16.6. The number of carboxylic acid groups (broad SMARTS) is 1. The number of carboxylic acids is 1. The second kappa shape index (κ2) is 17.9. The second-order valence-corrected chi connectivity index (χ2v) is 6.01. The molecule has 0 spiro atoms. The lowest BCUT2D eigenvalue weighted by Crippen LogP contribution is -2.24. The van der Waals surface area contributed by atoms with Crippen LogP contribution in [0.1, 0.15) is 58.3 Å². The number of carbonyl (C=O) groups is 1. The number of hydrogen-bond donors (Lipinski definition) is 3. The fraction of sp³-hybridized carbons (Fsp3) is 0.500. The van der Waals surface area contributed by atoms with Gasteiger partial charge >= 0.3 is 5.97 Å². The Labute approximate surface area is 157 Å². The maximum atomic E-state index is 10.3. The predicted octanol–water partition coefficient (Wildman–Crippen LogP) is 4.71. The molecular weight excluding hydrogens is 328 g/mol. The molecule has 0 aliphatic rings. The van der Waals surface area contributed by atoms with Gasteiger partial charge in [0.05, 0.1) is 12.2 Å². The van der Waals surface area contributed by atoms with E-state index in [1.54, 1.807) is 0 Å². The largest absolute Gasteiger partial charge is 0.481 e. The molecule has 3 N–H and O–H groups in total. The maximum Gasteiger partial charge on any atom is 0.303 e. The predicted molar refractivity (Wildman–Crippen MR) is 108 cm³/mol. The van der Waals surface area contributed by atoms with Gasteiger partial charge in [0.15, 0.2) is 0 Å². The summed E-state index contributed by atoms with van der Waals surface area (Å²) >= 11 is 0. The fourth-order valence-electron chi connectivity index (χ4n) is 2.09. The molecule has 0 heterocycles. The summed E-state index contributed by atoms with van der Waals surface area (Å²) in [6, 6.07) is 0. The van der Waals surface area contributed by atoms with Crippen LogP contribution in [-0.4, -0.2) is 33.5 Å². The van der Waals surface area contributed by atoms with Gasteiger partial charge in [0.2, 0.25) is 0 Å². The van der Waals surface area contributed by atoms with Crippen LogP contribution in [-0.2, 0) is 4.79 Å². The van der Waals surface area contributed by atoms with Crippen LogP contribution in [0.25, 0.3) is 0 Å². The van der Waals surface area contributed by atoms with Crippen LogP contribution in [0.2, 0.25) is 0 Å². The molecule has 0 aromatic rings. The first-order valence-corrected chi connectivity index (χ1v) is 9.40. The lowest BCUT2D eigenvalue weighted by atomic mass is 10.1. The molecule has 0 aromatic carbocycles. The summed E-state index contributed by atoms with van der Waals surface area (Å²) in [5.74, 6) is -0.795. The van der Waals surface area contributed by atoms with Gasteiger partial charge in [-0.2, -0.15) is 0 Å². The van der Waals surface area contributed by atoms with Gasteiger partial charge in [-0.05, 0) is 44.9 Å². The van der Waals surface area contributed by atoms with Crippen molar-refractivity contribution in [2.45, 2.75) is 70.5 Å². The van der Waals surface area contributed by atoms with Gasteiger partial charge in [-0.15, -0.1) is 0 Å². The Balaban J connectivity index is 3.79. The van der Waals surface area contributed by atoms with Crippen LogP contribution in [0.3, 0.4) is 0 Å². The molecule has 146 valence electrons. The average Bonchev–Trinajstić information content (AvgIpc) is 2.61. The van der Waals surface area contributed by atoms with Crippen molar-refractivity contribution in [3.8, 4) is 0 Å². The molecule has 0 saturated heterocycles. The van der Waals surface area contributed by atoms with Gasteiger partial charge in [0.1, 0.15) is 0 Å². The van der Waals surface area contributed by atoms with Crippen LogP contribution in [0.15, 0.2) is 60.8 Å². The molecule has 0 rings (SSSR count). The topological polar surface area (TPSA) is 77.8 Å². The molecule has 0 saturated carbocycles. The van der Waals surface area contributed by atoms with Crippen LogP contribution in [0.5, 0.6) is 0 Å². The minimum absolute atomic E-state index is 0.143. The van der Waals surface area contributed by atoms with E-state index < -0.39 is 18.2 Å². The molecule has 4 heteroatoms. The molecule has 0 bridgehead atoms. The van der Waals surface area contributed by atoms with Crippen molar-refractivity contribution < 1.29 is 20.1 Å². The smallest absolute Gasteiger partial charge is 0.303 e. The molecule has 0 aliphatic heterocycles. The van der Waals surface area contributed by atoms with Gasteiger partial charge in [0.25, 0.3) is 0 Å². The van der Waals surface area contributed by atoms with E-state index in [-0.39, 0.29) is 6.42 Å². The highest BCUT2D eigenvalue weighted by Gasteiger charge is 2.12. The van der Waals surface area contributed by atoms with Crippen LogP contribution >= 0.6 is 0 Å². The van der Waals surface area contributed by atoms with Gasteiger partial charge in [0, 0.05) is 6.42 Å². The Morgan fingerprint density at radius 2 is 1.15 bits per heavy atom. The molecule has 4 nitrogen and oxygen atoms in total. The minimum atomic E-state index is -0.795. The highest BCUT2D eigenvalue weighted by atomic mass is 16.4. The SMILES string of the molecule is CCC=CCC=CCC=CCC(O)C(O)CC=CCC=CCCC(=O)O. The van der Waals surface area contributed by atoms with Crippen molar-refractivity contribution in [3.63, 3.8) is 0 Å². The van der Waals surface area contributed by atoms with E-state index in [4.69, 9.17) is 5.11 Å². The van der Waals surface area contributed by atoms with Gasteiger partial charge in [-0.1, -0.05) is 67.7 Å². The van der Waals surface area contributed by atoms with Crippen molar-refractivity contribution in [3.05, 3.63) is 60.8 Å². The summed E-state index contributed by atoms with van der Waals surface area (Å²) in [6.45, 7) is 2.11. The zero-order chi connectivity index (χ0) is 19.5. The first-order valence-electron chi connectivity index (χ1n) is 9.40. The molecule has 0 radical (unpaired) electrons. The number of aliphatic hydroxyl groups excluding tert-OH is 2. The maximum absolute atomic E-state index is 10.3. The molecule has 0 aliphatic carbocycles. The number of aliphatic hydroxyl groups is 2. The average molecular weight is 363 g/mol. The summed E-state index contributed by atoms with van der Waals surface area (Å²) in [6.07, 6.45) is 23.4. The molecule has 0 amide bonds. The van der Waals surface area contributed by atoms with E-state index in [0.717, 1.165) is 19.3 Å². The fourth-order valence-corrected chi connectivity index (χ4v) is 2.09. The summed E-state index contributed by atoms with van der Waals surface area (Å²) in [4.78, 5) is 10.3. The molecular formula is C22H34O4. The number of rotatable bonds is 15. The number of allylic oxidation sites excluding steroid dienone is 8. The van der Waals surface area contributed by atoms with Crippen LogP contribution < -0.4 is 0 Å². The minimum Gasteiger partial charge on any atom is -0.481 e. The van der Waals surface area contributed by atoms with Crippen molar-refractivity contribution >= 4 is 5.97 Å². The highest BCUT2D eigenvalue weighted by molar-refractivity contribution is 5.66. The Morgan fingerprint density at radius 3 is 1.62 bits per heavy atom. The zero-order valence-electron chi connectivity index (χ0n) is 15.8. The van der Waals surface area contributed by atoms with E-state index in [0.29, 0.717) is 25.7 Å². The van der Waals surface area contributed by atoms with Gasteiger partial charge in [-0.25, -0.2) is 0 Å². The standard InChI is InChI=1S/C22H34O4/c1-2-3-4-5-6-7-8-11-14-17-20(23)21(24)18-15-12-9-10-13-16-19-22(25)26/h3-4,6-7,10-15,20-21,23-24H,2,5,8-9,16-19H2,1H3,(H,25,26). The van der Waals surface area contributed by atoms with Crippen LogP contribution in [0.4, 0.5) is 0 Å². The van der Waals surface area contributed by atoms with Crippen molar-refractivity contribution in [2.24, 2.45) is 0 Å². The van der Waals surface area contributed by atoms with Crippen LogP contribution in [0, 0.1) is 0 Å². The van der Waals surface area contributed by atoms with Crippen molar-refractivity contribution in [1.29, 1.82) is 0 Å². The first-order chi connectivity index (χ1) is 12.6. The zero-order valence-corrected chi connectivity index (χ0v) is 15.8. The molecule has 2 unspecified atom stereocenters. The van der Waals surface area contributed by atoms with E-state index in [9.17, 15) is 15.0 Å². The number of aliphatic carboxylic acids is 1. The van der Waals surface area contributed by atoms with E-state index in [1.165, 1.54) is 0 Å².